The van der Waals surface area contributed by atoms with E-state index in [2.05, 4.69) is 31.0 Å². The number of hydrogen-bond acceptors (Lipinski definition) is 5. The van der Waals surface area contributed by atoms with E-state index in [4.69, 9.17) is 4.74 Å². The van der Waals surface area contributed by atoms with Gasteiger partial charge in [-0.1, -0.05) is 62.4 Å². The quantitative estimate of drug-likeness (QED) is 0.228. The van der Waals surface area contributed by atoms with Gasteiger partial charge in [-0.25, -0.2) is 4.99 Å². The van der Waals surface area contributed by atoms with Gasteiger partial charge in [-0.2, -0.15) is 0 Å². The van der Waals surface area contributed by atoms with Crippen LogP contribution in [0.4, 0.5) is 0 Å². The molecule has 0 radical (unpaired) electrons. The highest BCUT2D eigenvalue weighted by Gasteiger charge is 2.24. The second-order valence-corrected chi connectivity index (χ2v) is 11.1. The topological polar surface area (TPSA) is 81.0 Å². The molecule has 2 unspecified atom stereocenters. The molecule has 0 aliphatic carbocycles. The van der Waals surface area contributed by atoms with E-state index >= 15 is 0 Å². The molecule has 7 heteroatoms. The standard InChI is InChI=1S/C33H41N3O4/c1-22(2)16-29(36-21-25(20-35(5)6)14-15-30(36)37)33(39)34-19-28(18-31(38)40-7)26-12-9-13-27(17-26)32-23(3)10-8-11-24(32)4/h8-15,17,19,21-22,28-29H,16,18,20H2,1-7H3. The highest BCUT2D eigenvalue weighted by Crippen LogP contribution is 2.30. The van der Waals surface area contributed by atoms with Gasteiger partial charge in [0.15, 0.2) is 0 Å². The van der Waals surface area contributed by atoms with Gasteiger partial charge in [0.2, 0.25) is 0 Å². The summed E-state index contributed by atoms with van der Waals surface area (Å²) in [5, 5.41) is 0. The molecule has 2 aromatic carbocycles. The maximum Gasteiger partial charge on any atom is 0.306 e. The Morgan fingerprint density at radius 1 is 1.02 bits per heavy atom. The van der Waals surface area contributed by atoms with Crippen molar-refractivity contribution < 1.29 is 14.3 Å². The summed E-state index contributed by atoms with van der Waals surface area (Å²) >= 11 is 0. The van der Waals surface area contributed by atoms with Gasteiger partial charge < -0.3 is 14.2 Å². The zero-order valence-corrected chi connectivity index (χ0v) is 24.7. The monoisotopic (exact) mass is 543 g/mol. The van der Waals surface area contributed by atoms with Gasteiger partial charge in [-0.05, 0) is 73.7 Å². The van der Waals surface area contributed by atoms with Crippen molar-refractivity contribution >= 4 is 18.1 Å². The molecular weight excluding hydrogens is 502 g/mol. The lowest BCUT2D eigenvalue weighted by Gasteiger charge is -2.20. The average Bonchev–Trinajstić information content (AvgIpc) is 2.90. The predicted octanol–water partition coefficient (Wildman–Crippen LogP) is 5.73. The number of amides is 1. The SMILES string of the molecule is COC(=O)CC(C=NC(=O)C(CC(C)C)n1cc(CN(C)C)ccc1=O)c1cccc(-c2c(C)cccc2C)c1. The van der Waals surface area contributed by atoms with Crippen molar-refractivity contribution in [2.75, 3.05) is 21.2 Å². The fourth-order valence-electron chi connectivity index (χ4n) is 5.00. The van der Waals surface area contributed by atoms with E-state index in [0.717, 1.165) is 33.4 Å². The van der Waals surface area contributed by atoms with E-state index in [-0.39, 0.29) is 17.9 Å². The molecule has 0 aliphatic rings. The van der Waals surface area contributed by atoms with E-state index in [1.54, 1.807) is 12.3 Å². The lowest BCUT2D eigenvalue weighted by Crippen LogP contribution is -2.30. The first-order chi connectivity index (χ1) is 19.0. The van der Waals surface area contributed by atoms with Gasteiger partial charge in [0.1, 0.15) is 6.04 Å². The number of benzene rings is 2. The summed E-state index contributed by atoms with van der Waals surface area (Å²) in [5.41, 5.74) is 6.03. The van der Waals surface area contributed by atoms with Crippen LogP contribution in [0.1, 0.15) is 60.9 Å². The summed E-state index contributed by atoms with van der Waals surface area (Å²) < 4.78 is 6.45. The van der Waals surface area contributed by atoms with Crippen LogP contribution in [0, 0.1) is 19.8 Å². The first-order valence-electron chi connectivity index (χ1n) is 13.7. The van der Waals surface area contributed by atoms with Gasteiger partial charge in [0.25, 0.3) is 11.5 Å². The summed E-state index contributed by atoms with van der Waals surface area (Å²) in [6.07, 6.45) is 3.79. The summed E-state index contributed by atoms with van der Waals surface area (Å²) in [6, 6.07) is 16.7. The Hall–Kier alpha value is -3.84. The third-order valence-corrected chi connectivity index (χ3v) is 6.89. The number of rotatable bonds is 11. The summed E-state index contributed by atoms with van der Waals surface area (Å²) in [6.45, 7) is 8.82. The van der Waals surface area contributed by atoms with E-state index in [1.807, 2.05) is 63.2 Å². The van der Waals surface area contributed by atoms with Crippen molar-refractivity contribution in [1.82, 2.24) is 9.47 Å². The number of nitrogens with zero attached hydrogens (tertiary/aromatic N) is 3. The zero-order chi connectivity index (χ0) is 29.4. The van der Waals surface area contributed by atoms with Crippen LogP contribution in [0.25, 0.3) is 11.1 Å². The molecule has 3 aromatic rings. The van der Waals surface area contributed by atoms with Crippen LogP contribution in [0.3, 0.4) is 0 Å². The van der Waals surface area contributed by atoms with Crippen molar-refractivity contribution in [2.24, 2.45) is 10.9 Å². The molecule has 212 valence electrons. The number of aromatic nitrogens is 1. The molecule has 0 N–H and O–H groups in total. The molecule has 0 bridgehead atoms. The number of aliphatic imine (C=N–C) groups is 1. The van der Waals surface area contributed by atoms with Crippen LogP contribution in [-0.4, -0.2) is 48.8 Å². The number of aryl methyl sites for hydroxylation is 2. The number of carbonyl (C=O) groups excluding carboxylic acids is 2. The van der Waals surface area contributed by atoms with Crippen LogP contribution in [0.5, 0.6) is 0 Å². The number of esters is 1. The fourth-order valence-corrected chi connectivity index (χ4v) is 5.00. The molecule has 3 rings (SSSR count). The van der Waals surface area contributed by atoms with E-state index in [0.29, 0.717) is 13.0 Å². The van der Waals surface area contributed by atoms with E-state index < -0.39 is 23.8 Å². The predicted molar refractivity (Wildman–Crippen MR) is 161 cm³/mol. The molecule has 2 atom stereocenters. The zero-order valence-electron chi connectivity index (χ0n) is 24.7. The van der Waals surface area contributed by atoms with Crippen molar-refractivity contribution in [3.05, 3.63) is 93.4 Å². The second-order valence-electron chi connectivity index (χ2n) is 11.1. The van der Waals surface area contributed by atoms with Gasteiger partial charge in [0, 0.05) is 30.9 Å². The Morgan fingerprint density at radius 2 is 1.70 bits per heavy atom. The molecule has 1 aromatic heterocycles. The number of carbonyl (C=O) groups is 2. The molecular formula is C33H41N3O4. The molecule has 0 saturated carbocycles. The third kappa shape index (κ3) is 8.09. The van der Waals surface area contributed by atoms with E-state index in [9.17, 15) is 14.4 Å². The van der Waals surface area contributed by atoms with E-state index in [1.165, 1.54) is 24.0 Å². The lowest BCUT2D eigenvalue weighted by atomic mass is 9.90. The minimum absolute atomic E-state index is 0.0383. The Kier molecular flexibility index (Phi) is 10.7. The molecule has 0 fully saturated rings. The Bertz CT molecular complexity index is 1400. The van der Waals surface area contributed by atoms with Crippen LogP contribution in [-0.2, 0) is 20.9 Å². The van der Waals surface area contributed by atoms with Gasteiger partial charge in [-0.15, -0.1) is 0 Å². The Morgan fingerprint density at radius 3 is 2.33 bits per heavy atom. The second kappa shape index (κ2) is 14.0. The maximum atomic E-state index is 13.5. The van der Waals surface area contributed by atoms with Crippen LogP contribution in [0.15, 0.2) is 70.6 Å². The number of methoxy groups -OCH3 is 1. The van der Waals surface area contributed by atoms with Crippen LogP contribution in [0.2, 0.25) is 0 Å². The molecule has 0 saturated heterocycles. The smallest absolute Gasteiger partial charge is 0.306 e. The van der Waals surface area contributed by atoms with Gasteiger partial charge in [0.05, 0.1) is 13.5 Å². The third-order valence-electron chi connectivity index (χ3n) is 6.89. The fraction of sp³-hybridized carbons (Fsp3) is 0.394. The first kappa shape index (κ1) is 30.7. The minimum atomic E-state index is -0.745. The van der Waals surface area contributed by atoms with Crippen LogP contribution < -0.4 is 5.56 Å². The molecule has 1 heterocycles. The van der Waals surface area contributed by atoms with Crippen molar-refractivity contribution in [1.29, 1.82) is 0 Å². The minimum Gasteiger partial charge on any atom is -0.469 e. The summed E-state index contributed by atoms with van der Waals surface area (Å²) in [7, 11) is 5.25. The van der Waals surface area contributed by atoms with Gasteiger partial charge in [-0.3, -0.25) is 14.4 Å². The lowest BCUT2D eigenvalue weighted by molar-refractivity contribution is -0.140. The highest BCUT2D eigenvalue weighted by molar-refractivity contribution is 5.91. The summed E-state index contributed by atoms with van der Waals surface area (Å²) in [4.78, 5) is 45.1. The van der Waals surface area contributed by atoms with Gasteiger partial charge >= 0.3 is 5.97 Å². The molecule has 40 heavy (non-hydrogen) atoms. The van der Waals surface area contributed by atoms with Crippen molar-refractivity contribution in [2.45, 2.75) is 59.0 Å². The summed E-state index contributed by atoms with van der Waals surface area (Å²) in [5.74, 6) is -1.13. The van der Waals surface area contributed by atoms with Crippen LogP contribution >= 0.6 is 0 Å². The first-order valence-corrected chi connectivity index (χ1v) is 13.7. The maximum absolute atomic E-state index is 13.5. The van der Waals surface area contributed by atoms with Crippen molar-refractivity contribution in [3.63, 3.8) is 0 Å². The Balaban J connectivity index is 2.00. The average molecular weight is 544 g/mol. The molecule has 7 nitrogen and oxygen atoms in total. The molecule has 0 spiro atoms. The number of ether oxygens (including phenoxy) is 1. The number of hydrogen-bond donors (Lipinski definition) is 0. The highest BCUT2D eigenvalue weighted by atomic mass is 16.5. The Labute approximate surface area is 237 Å². The molecule has 0 aliphatic heterocycles. The largest absolute Gasteiger partial charge is 0.469 e. The normalized spacial score (nSPS) is 13.1. The number of pyridine rings is 1. The van der Waals surface area contributed by atoms with Crippen molar-refractivity contribution in [3.8, 4) is 11.1 Å². The molecule has 1 amide bonds.